The Labute approximate surface area is 166 Å². The van der Waals surface area contributed by atoms with Crippen molar-refractivity contribution in [1.29, 1.82) is 0 Å². The molecule has 1 N–H and O–H groups in total. The lowest BCUT2D eigenvalue weighted by Gasteiger charge is -2.26. The SMILES string of the molecule is CCC(C)NC(=O)CN(c1cc(OC)ccc1OC)S(=O)(=O)c1ccccc1. The van der Waals surface area contributed by atoms with E-state index < -0.39 is 15.9 Å². The second-order valence-corrected chi connectivity index (χ2v) is 8.10. The lowest BCUT2D eigenvalue weighted by molar-refractivity contribution is -0.120. The lowest BCUT2D eigenvalue weighted by atomic mass is 10.2. The Morgan fingerprint density at radius 3 is 2.36 bits per heavy atom. The summed E-state index contributed by atoms with van der Waals surface area (Å²) in [6.07, 6.45) is 0.736. The molecule has 8 heteroatoms. The molecule has 0 saturated heterocycles. The third kappa shape index (κ3) is 4.95. The number of nitrogens with zero attached hydrogens (tertiary/aromatic N) is 1. The van der Waals surface area contributed by atoms with E-state index in [1.54, 1.807) is 30.3 Å². The second-order valence-electron chi connectivity index (χ2n) is 6.24. The molecule has 0 saturated carbocycles. The quantitative estimate of drug-likeness (QED) is 0.692. The van der Waals surface area contributed by atoms with Crippen molar-refractivity contribution in [2.45, 2.75) is 31.2 Å². The number of methoxy groups -OCH3 is 2. The largest absolute Gasteiger partial charge is 0.497 e. The van der Waals surface area contributed by atoms with E-state index in [-0.39, 0.29) is 23.2 Å². The summed E-state index contributed by atoms with van der Waals surface area (Å²) in [5.74, 6) is 0.363. The predicted molar refractivity (Wildman–Crippen MR) is 108 cm³/mol. The minimum atomic E-state index is -4.01. The van der Waals surface area contributed by atoms with Crippen LogP contribution in [0.15, 0.2) is 53.4 Å². The molecule has 1 atom stereocenters. The number of carbonyl (C=O) groups is 1. The third-order valence-corrected chi connectivity index (χ3v) is 6.07. The lowest BCUT2D eigenvalue weighted by Crippen LogP contribution is -2.43. The van der Waals surface area contributed by atoms with E-state index in [9.17, 15) is 13.2 Å². The van der Waals surface area contributed by atoms with Gasteiger partial charge in [-0.1, -0.05) is 25.1 Å². The first-order valence-corrected chi connectivity index (χ1v) is 10.4. The van der Waals surface area contributed by atoms with E-state index in [4.69, 9.17) is 9.47 Å². The fraction of sp³-hybridized carbons (Fsp3) is 0.350. The minimum Gasteiger partial charge on any atom is -0.497 e. The van der Waals surface area contributed by atoms with Crippen LogP contribution < -0.4 is 19.1 Å². The van der Waals surface area contributed by atoms with Gasteiger partial charge >= 0.3 is 0 Å². The number of sulfonamides is 1. The third-order valence-electron chi connectivity index (χ3n) is 4.29. The molecule has 2 aromatic rings. The van der Waals surface area contributed by atoms with E-state index in [1.165, 1.54) is 32.4 Å². The number of nitrogens with one attached hydrogen (secondary N) is 1. The summed E-state index contributed by atoms with van der Waals surface area (Å²) in [6.45, 7) is 3.42. The van der Waals surface area contributed by atoms with E-state index in [1.807, 2.05) is 13.8 Å². The number of anilines is 1. The van der Waals surface area contributed by atoms with Crippen molar-refractivity contribution in [3.63, 3.8) is 0 Å². The Kier molecular flexibility index (Phi) is 7.28. The Morgan fingerprint density at radius 2 is 1.79 bits per heavy atom. The fourth-order valence-corrected chi connectivity index (χ4v) is 4.01. The summed E-state index contributed by atoms with van der Waals surface area (Å²) in [7, 11) is -1.09. The number of hydrogen-bond acceptors (Lipinski definition) is 5. The van der Waals surface area contributed by atoms with Crippen LogP contribution in [-0.4, -0.2) is 41.1 Å². The highest BCUT2D eigenvalue weighted by molar-refractivity contribution is 7.92. The monoisotopic (exact) mass is 406 g/mol. The maximum atomic E-state index is 13.3. The van der Waals surface area contributed by atoms with Gasteiger partial charge in [0.2, 0.25) is 5.91 Å². The minimum absolute atomic E-state index is 0.0685. The van der Waals surface area contributed by atoms with Gasteiger partial charge in [0.15, 0.2) is 0 Å². The van der Waals surface area contributed by atoms with Crippen LogP contribution in [0.2, 0.25) is 0 Å². The highest BCUT2D eigenvalue weighted by Crippen LogP contribution is 2.35. The molecule has 0 fully saturated rings. The van der Waals surface area contributed by atoms with Crippen molar-refractivity contribution < 1.29 is 22.7 Å². The van der Waals surface area contributed by atoms with Gasteiger partial charge in [0.05, 0.1) is 24.8 Å². The van der Waals surface area contributed by atoms with Crippen LogP contribution in [0.5, 0.6) is 11.5 Å². The molecule has 0 bridgehead atoms. The van der Waals surface area contributed by atoms with E-state index >= 15 is 0 Å². The molecule has 0 heterocycles. The zero-order valence-corrected chi connectivity index (χ0v) is 17.3. The number of benzene rings is 2. The maximum absolute atomic E-state index is 13.3. The summed E-state index contributed by atoms with van der Waals surface area (Å²) in [4.78, 5) is 12.6. The Balaban J connectivity index is 2.55. The molecule has 1 unspecified atom stereocenters. The van der Waals surface area contributed by atoms with Gasteiger partial charge in [-0.3, -0.25) is 9.10 Å². The number of carbonyl (C=O) groups excluding carboxylic acids is 1. The van der Waals surface area contributed by atoms with Crippen LogP contribution in [0.3, 0.4) is 0 Å². The van der Waals surface area contributed by atoms with E-state index in [0.717, 1.165) is 10.7 Å². The standard InChI is InChI=1S/C20H26N2O5S/c1-5-15(2)21-20(23)14-22(28(24,25)17-9-7-6-8-10-17)18-13-16(26-3)11-12-19(18)27-4/h6-13,15H,5,14H2,1-4H3,(H,21,23). The molecular formula is C20H26N2O5S. The van der Waals surface area contributed by atoms with Gasteiger partial charge in [-0.25, -0.2) is 8.42 Å². The highest BCUT2D eigenvalue weighted by Gasteiger charge is 2.30. The molecule has 28 heavy (non-hydrogen) atoms. The van der Waals surface area contributed by atoms with Crippen molar-refractivity contribution >= 4 is 21.6 Å². The van der Waals surface area contributed by atoms with Crippen molar-refractivity contribution in [3.05, 3.63) is 48.5 Å². The Bertz CT molecular complexity index is 900. The van der Waals surface area contributed by atoms with Crippen molar-refractivity contribution in [3.8, 4) is 11.5 Å². The molecular weight excluding hydrogens is 380 g/mol. The Hall–Kier alpha value is -2.74. The van der Waals surface area contributed by atoms with Crippen molar-refractivity contribution in [2.24, 2.45) is 0 Å². The first-order chi connectivity index (χ1) is 13.3. The molecule has 2 rings (SSSR count). The molecule has 0 spiro atoms. The van der Waals surface area contributed by atoms with E-state index in [0.29, 0.717) is 11.5 Å². The number of ether oxygens (including phenoxy) is 2. The number of hydrogen-bond donors (Lipinski definition) is 1. The molecule has 1 amide bonds. The van der Waals surface area contributed by atoms with Crippen LogP contribution in [0.1, 0.15) is 20.3 Å². The van der Waals surface area contributed by atoms with Crippen LogP contribution in [0, 0.1) is 0 Å². The topological polar surface area (TPSA) is 84.9 Å². The molecule has 7 nitrogen and oxygen atoms in total. The molecule has 0 aliphatic rings. The maximum Gasteiger partial charge on any atom is 0.264 e. The van der Waals surface area contributed by atoms with Crippen LogP contribution in [0.4, 0.5) is 5.69 Å². The molecule has 0 aliphatic heterocycles. The van der Waals surface area contributed by atoms with E-state index in [2.05, 4.69) is 5.32 Å². The molecule has 0 aromatic heterocycles. The average molecular weight is 407 g/mol. The summed E-state index contributed by atoms with van der Waals surface area (Å²) in [5, 5.41) is 2.80. The van der Waals surface area contributed by atoms with Gasteiger partial charge in [0, 0.05) is 12.1 Å². The molecule has 2 aromatic carbocycles. The number of rotatable bonds is 9. The highest BCUT2D eigenvalue weighted by atomic mass is 32.2. The van der Waals surface area contributed by atoms with Crippen molar-refractivity contribution in [2.75, 3.05) is 25.1 Å². The van der Waals surface area contributed by atoms with Gasteiger partial charge in [-0.05, 0) is 37.6 Å². The fourth-order valence-electron chi connectivity index (χ4n) is 2.56. The zero-order chi connectivity index (χ0) is 20.7. The summed E-state index contributed by atoms with van der Waals surface area (Å²) < 4.78 is 38.3. The average Bonchev–Trinajstić information content (AvgIpc) is 2.71. The van der Waals surface area contributed by atoms with Gasteiger partial charge in [-0.2, -0.15) is 0 Å². The normalized spacial score (nSPS) is 12.1. The summed E-state index contributed by atoms with van der Waals surface area (Å²) in [6, 6.07) is 12.7. The summed E-state index contributed by atoms with van der Waals surface area (Å²) in [5.41, 5.74) is 0.227. The smallest absolute Gasteiger partial charge is 0.264 e. The zero-order valence-electron chi connectivity index (χ0n) is 16.5. The summed E-state index contributed by atoms with van der Waals surface area (Å²) >= 11 is 0. The van der Waals surface area contributed by atoms with Gasteiger partial charge in [0.1, 0.15) is 18.0 Å². The first-order valence-electron chi connectivity index (χ1n) is 8.92. The van der Waals surface area contributed by atoms with Crippen LogP contribution in [0.25, 0.3) is 0 Å². The number of amides is 1. The second kappa shape index (κ2) is 9.45. The van der Waals surface area contributed by atoms with Crippen LogP contribution >= 0.6 is 0 Å². The molecule has 152 valence electrons. The predicted octanol–water partition coefficient (Wildman–Crippen LogP) is 2.81. The van der Waals surface area contributed by atoms with Crippen LogP contribution in [-0.2, 0) is 14.8 Å². The van der Waals surface area contributed by atoms with Gasteiger partial charge in [-0.15, -0.1) is 0 Å². The molecule has 0 radical (unpaired) electrons. The Morgan fingerprint density at radius 1 is 1.11 bits per heavy atom. The first kappa shape index (κ1) is 21.6. The van der Waals surface area contributed by atoms with Gasteiger partial charge < -0.3 is 14.8 Å². The molecule has 0 aliphatic carbocycles. The van der Waals surface area contributed by atoms with Gasteiger partial charge in [0.25, 0.3) is 10.0 Å². The van der Waals surface area contributed by atoms with Crippen molar-refractivity contribution in [1.82, 2.24) is 5.32 Å².